The molecule has 0 saturated carbocycles. The van der Waals surface area contributed by atoms with Crippen molar-refractivity contribution in [2.75, 3.05) is 36.4 Å². The van der Waals surface area contributed by atoms with Crippen molar-refractivity contribution in [3.63, 3.8) is 0 Å². The number of phenolic OH excluding ortho intramolecular Hbond substituents is 1. The molecule has 1 aromatic heterocycles. The lowest BCUT2D eigenvalue weighted by Gasteiger charge is -2.35. The third-order valence-corrected chi connectivity index (χ3v) is 5.82. The van der Waals surface area contributed by atoms with Crippen LogP contribution in [0.3, 0.4) is 0 Å². The van der Waals surface area contributed by atoms with Crippen LogP contribution < -0.4 is 10.2 Å². The Hall–Kier alpha value is -2.97. The van der Waals surface area contributed by atoms with Gasteiger partial charge in [-0.15, -0.1) is 10.2 Å². The minimum Gasteiger partial charge on any atom is -0.508 e. The number of aromatic nitrogens is 2. The van der Waals surface area contributed by atoms with Gasteiger partial charge in [0.25, 0.3) is 5.91 Å². The predicted octanol–water partition coefficient (Wildman–Crippen LogP) is 3.13. The maximum atomic E-state index is 12.4. The highest BCUT2D eigenvalue weighted by atomic mass is 32.1. The smallest absolute Gasteiger partial charge is 0.286 e. The van der Waals surface area contributed by atoms with Crippen LogP contribution in [0.2, 0.25) is 0 Å². The zero-order valence-corrected chi connectivity index (χ0v) is 17.0. The molecule has 0 aliphatic carbocycles. The van der Waals surface area contributed by atoms with E-state index < -0.39 is 0 Å². The van der Waals surface area contributed by atoms with E-state index in [4.69, 9.17) is 0 Å². The average molecular weight is 410 g/mol. The summed E-state index contributed by atoms with van der Waals surface area (Å²) in [4.78, 5) is 17.0. The Morgan fingerprint density at radius 3 is 2.41 bits per heavy atom. The lowest BCUT2D eigenvalue weighted by molar-refractivity contribution is 0.102. The van der Waals surface area contributed by atoms with Gasteiger partial charge in [-0.3, -0.25) is 9.69 Å². The molecule has 1 aliphatic heterocycles. The number of piperazine rings is 1. The summed E-state index contributed by atoms with van der Waals surface area (Å²) in [5, 5.41) is 21.8. The second-order valence-electron chi connectivity index (χ2n) is 7.10. The van der Waals surface area contributed by atoms with Crippen LogP contribution in [0.5, 0.6) is 5.75 Å². The molecule has 0 atom stereocenters. The summed E-state index contributed by atoms with van der Waals surface area (Å²) in [6, 6.07) is 15.0. The lowest BCUT2D eigenvalue weighted by atomic mass is 10.2. The number of carbonyl (C=O) groups excluding carboxylic acids is 1. The maximum Gasteiger partial charge on any atom is 0.286 e. The number of anilines is 2. The monoisotopic (exact) mass is 409 g/mol. The molecule has 1 saturated heterocycles. The SMILES string of the molecule is Cc1ccc(NC(=O)c2nnc(CN3CCN(c4ccc(O)cc4)CC3)s2)cc1. The van der Waals surface area contributed by atoms with Gasteiger partial charge in [0.1, 0.15) is 10.8 Å². The minimum absolute atomic E-state index is 0.227. The molecule has 2 N–H and O–H groups in total. The Morgan fingerprint density at radius 2 is 1.72 bits per heavy atom. The molecule has 1 fully saturated rings. The first kappa shape index (κ1) is 19.4. The van der Waals surface area contributed by atoms with Crippen LogP contribution in [0.1, 0.15) is 20.4 Å². The molecule has 0 unspecified atom stereocenters. The van der Waals surface area contributed by atoms with Gasteiger partial charge in [0.05, 0.1) is 6.54 Å². The van der Waals surface area contributed by atoms with Crippen LogP contribution in [0, 0.1) is 6.92 Å². The summed E-state index contributed by atoms with van der Waals surface area (Å²) in [5.41, 5.74) is 3.02. The summed E-state index contributed by atoms with van der Waals surface area (Å²) < 4.78 is 0. The van der Waals surface area contributed by atoms with Gasteiger partial charge in [-0.25, -0.2) is 0 Å². The Balaban J connectivity index is 1.29. The largest absolute Gasteiger partial charge is 0.508 e. The average Bonchev–Trinajstić information content (AvgIpc) is 3.20. The number of hydrogen-bond donors (Lipinski definition) is 2. The fourth-order valence-electron chi connectivity index (χ4n) is 3.25. The second kappa shape index (κ2) is 8.59. The molecule has 7 nitrogen and oxygen atoms in total. The Morgan fingerprint density at radius 1 is 1.03 bits per heavy atom. The highest BCUT2D eigenvalue weighted by Crippen LogP contribution is 2.21. The molecule has 2 heterocycles. The summed E-state index contributed by atoms with van der Waals surface area (Å²) >= 11 is 1.34. The molecule has 8 heteroatoms. The molecule has 150 valence electrons. The number of carbonyl (C=O) groups is 1. The van der Waals surface area contributed by atoms with Crippen molar-refractivity contribution in [3.8, 4) is 5.75 Å². The fraction of sp³-hybridized carbons (Fsp3) is 0.286. The van der Waals surface area contributed by atoms with Crippen LogP contribution in [0.4, 0.5) is 11.4 Å². The number of aromatic hydroxyl groups is 1. The van der Waals surface area contributed by atoms with Crippen LogP contribution in [-0.4, -0.2) is 52.3 Å². The van der Waals surface area contributed by atoms with Crippen molar-refractivity contribution in [2.45, 2.75) is 13.5 Å². The number of rotatable bonds is 5. The zero-order valence-electron chi connectivity index (χ0n) is 16.2. The van der Waals surface area contributed by atoms with Gasteiger partial charge in [0.15, 0.2) is 0 Å². The molecule has 1 aliphatic rings. The highest BCUT2D eigenvalue weighted by Gasteiger charge is 2.20. The van der Waals surface area contributed by atoms with E-state index in [1.165, 1.54) is 11.3 Å². The summed E-state index contributed by atoms with van der Waals surface area (Å²) in [7, 11) is 0. The normalized spacial score (nSPS) is 14.7. The zero-order chi connectivity index (χ0) is 20.2. The van der Waals surface area contributed by atoms with Crippen LogP contribution >= 0.6 is 11.3 Å². The van der Waals surface area contributed by atoms with Gasteiger partial charge in [-0.2, -0.15) is 0 Å². The standard InChI is InChI=1S/C21H23N5O2S/c1-15-2-4-16(5-3-15)22-20(28)21-24-23-19(29-21)14-25-10-12-26(13-11-25)17-6-8-18(27)9-7-17/h2-9,27H,10-14H2,1H3,(H,22,28). The molecule has 1 amide bonds. The summed E-state index contributed by atoms with van der Waals surface area (Å²) in [6.07, 6.45) is 0. The van der Waals surface area contributed by atoms with Crippen molar-refractivity contribution in [2.24, 2.45) is 0 Å². The van der Waals surface area contributed by atoms with Gasteiger partial charge < -0.3 is 15.3 Å². The first-order valence-electron chi connectivity index (χ1n) is 9.53. The van der Waals surface area contributed by atoms with E-state index in [1.54, 1.807) is 12.1 Å². The number of benzene rings is 2. The number of aryl methyl sites for hydroxylation is 1. The van der Waals surface area contributed by atoms with Crippen molar-refractivity contribution in [1.29, 1.82) is 0 Å². The molecule has 0 spiro atoms. The molecule has 4 rings (SSSR count). The van der Waals surface area contributed by atoms with Crippen molar-refractivity contribution < 1.29 is 9.90 Å². The van der Waals surface area contributed by atoms with E-state index in [0.29, 0.717) is 11.6 Å². The molecule has 29 heavy (non-hydrogen) atoms. The lowest BCUT2D eigenvalue weighted by Crippen LogP contribution is -2.45. The van der Waals surface area contributed by atoms with E-state index in [0.717, 1.165) is 48.1 Å². The van der Waals surface area contributed by atoms with Gasteiger partial charge in [-0.1, -0.05) is 29.0 Å². The van der Waals surface area contributed by atoms with E-state index in [1.807, 2.05) is 43.3 Å². The first-order valence-corrected chi connectivity index (χ1v) is 10.4. The highest BCUT2D eigenvalue weighted by molar-refractivity contribution is 7.13. The van der Waals surface area contributed by atoms with E-state index in [-0.39, 0.29) is 11.7 Å². The molecular formula is C21H23N5O2S. The van der Waals surface area contributed by atoms with Crippen molar-refractivity contribution in [1.82, 2.24) is 15.1 Å². The molecule has 0 radical (unpaired) electrons. The molecule has 0 bridgehead atoms. The quantitative estimate of drug-likeness (QED) is 0.674. The number of nitrogens with one attached hydrogen (secondary N) is 1. The predicted molar refractivity (Wildman–Crippen MR) is 115 cm³/mol. The number of amides is 1. The number of phenols is 1. The third kappa shape index (κ3) is 4.90. The van der Waals surface area contributed by atoms with E-state index >= 15 is 0 Å². The minimum atomic E-state index is -0.227. The first-order chi connectivity index (χ1) is 14.1. The van der Waals surface area contributed by atoms with E-state index in [9.17, 15) is 9.90 Å². The Labute approximate surface area is 173 Å². The molecule has 2 aromatic carbocycles. The van der Waals surface area contributed by atoms with Gasteiger partial charge in [0.2, 0.25) is 5.01 Å². The third-order valence-electron chi connectivity index (χ3n) is 4.92. The van der Waals surface area contributed by atoms with Crippen LogP contribution in [0.15, 0.2) is 48.5 Å². The van der Waals surface area contributed by atoms with Crippen LogP contribution in [0.25, 0.3) is 0 Å². The molecule has 3 aromatic rings. The van der Waals surface area contributed by atoms with E-state index in [2.05, 4.69) is 25.3 Å². The summed E-state index contributed by atoms with van der Waals surface area (Å²) in [5.74, 6) is 0.0561. The fourth-order valence-corrected chi connectivity index (χ4v) is 4.03. The number of nitrogens with zero attached hydrogens (tertiary/aromatic N) is 4. The Bertz CT molecular complexity index is 963. The van der Waals surface area contributed by atoms with Crippen molar-refractivity contribution in [3.05, 3.63) is 64.1 Å². The van der Waals surface area contributed by atoms with Gasteiger partial charge in [0, 0.05) is 37.6 Å². The maximum absolute atomic E-state index is 12.4. The number of hydrogen-bond acceptors (Lipinski definition) is 7. The van der Waals surface area contributed by atoms with Crippen LogP contribution in [-0.2, 0) is 6.54 Å². The van der Waals surface area contributed by atoms with Gasteiger partial charge in [-0.05, 0) is 43.3 Å². The second-order valence-corrected chi connectivity index (χ2v) is 8.16. The topological polar surface area (TPSA) is 81.6 Å². The summed E-state index contributed by atoms with van der Waals surface area (Å²) in [6.45, 7) is 6.33. The Kier molecular flexibility index (Phi) is 5.73. The van der Waals surface area contributed by atoms with Crippen molar-refractivity contribution >= 4 is 28.6 Å². The van der Waals surface area contributed by atoms with Gasteiger partial charge >= 0.3 is 0 Å². The molecular weight excluding hydrogens is 386 g/mol.